The third kappa shape index (κ3) is 4.34. The highest BCUT2D eigenvalue weighted by atomic mass is 16.5. The number of amides is 4. The first kappa shape index (κ1) is 19.9. The van der Waals surface area contributed by atoms with Crippen LogP contribution in [0.4, 0.5) is 4.79 Å². The summed E-state index contributed by atoms with van der Waals surface area (Å²) in [5.41, 5.74) is 1.84. The monoisotopic (exact) mass is 397 g/mol. The number of fused-ring (bicyclic) bond motifs is 1. The molecule has 0 aliphatic carbocycles. The molecule has 2 aromatic rings. The van der Waals surface area contributed by atoms with Crippen LogP contribution >= 0.6 is 0 Å². The summed E-state index contributed by atoms with van der Waals surface area (Å²) in [6, 6.07) is 10.1. The van der Waals surface area contributed by atoms with Gasteiger partial charge in [0.2, 0.25) is 0 Å². The average molecular weight is 397 g/mol. The number of carbonyl (C=O) groups excluding carboxylic acids is 4. The van der Waals surface area contributed by atoms with Crippen molar-refractivity contribution in [2.75, 3.05) is 20.9 Å². The number of methoxy groups -OCH3 is 2. The number of ether oxygens (including phenoxy) is 2. The third-order valence-electron chi connectivity index (χ3n) is 4.42. The van der Waals surface area contributed by atoms with Crippen LogP contribution in [0.25, 0.3) is 0 Å². The topological polar surface area (TPSA) is 114 Å². The van der Waals surface area contributed by atoms with Crippen LogP contribution < -0.4 is 15.4 Å². The summed E-state index contributed by atoms with van der Waals surface area (Å²) in [4.78, 5) is 49.4. The minimum Gasteiger partial charge on any atom is -0.497 e. The van der Waals surface area contributed by atoms with Crippen LogP contribution in [0.1, 0.15) is 36.6 Å². The molecule has 0 atom stereocenters. The predicted octanol–water partition coefficient (Wildman–Crippen LogP) is 1.53. The fourth-order valence-electron chi connectivity index (χ4n) is 2.86. The van der Waals surface area contributed by atoms with Crippen molar-refractivity contribution in [3.8, 4) is 5.75 Å². The molecule has 1 aliphatic heterocycles. The zero-order valence-corrected chi connectivity index (χ0v) is 15.9. The highest BCUT2D eigenvalue weighted by Crippen LogP contribution is 2.26. The van der Waals surface area contributed by atoms with Crippen LogP contribution in [0.5, 0.6) is 5.75 Å². The number of hydrogen-bond acceptors (Lipinski definition) is 6. The van der Waals surface area contributed by atoms with Gasteiger partial charge in [0.25, 0.3) is 11.8 Å². The minimum atomic E-state index is -0.742. The van der Waals surface area contributed by atoms with E-state index in [-0.39, 0.29) is 23.7 Å². The molecule has 2 aromatic carbocycles. The largest absolute Gasteiger partial charge is 0.497 e. The lowest BCUT2D eigenvalue weighted by Crippen LogP contribution is -2.44. The van der Waals surface area contributed by atoms with Gasteiger partial charge in [-0.25, -0.2) is 9.59 Å². The molecule has 0 fully saturated rings. The maximum atomic E-state index is 12.4. The van der Waals surface area contributed by atoms with Gasteiger partial charge in [-0.3, -0.25) is 14.9 Å². The van der Waals surface area contributed by atoms with E-state index in [2.05, 4.69) is 15.4 Å². The van der Waals surface area contributed by atoms with Crippen LogP contribution in [0.15, 0.2) is 42.5 Å². The molecule has 0 spiro atoms. The van der Waals surface area contributed by atoms with E-state index in [1.54, 1.807) is 18.2 Å². The van der Waals surface area contributed by atoms with Gasteiger partial charge in [-0.2, -0.15) is 0 Å². The molecule has 3 rings (SSSR count). The third-order valence-corrected chi connectivity index (χ3v) is 4.42. The van der Waals surface area contributed by atoms with Gasteiger partial charge in [0.05, 0.1) is 26.5 Å². The van der Waals surface area contributed by atoms with Crippen LogP contribution in [0, 0.1) is 0 Å². The summed E-state index contributed by atoms with van der Waals surface area (Å²) >= 11 is 0. The van der Waals surface area contributed by atoms with Gasteiger partial charge in [0, 0.05) is 17.7 Å². The fourth-order valence-corrected chi connectivity index (χ4v) is 2.86. The Morgan fingerprint density at radius 2 is 1.72 bits per heavy atom. The van der Waals surface area contributed by atoms with Crippen LogP contribution in [0.2, 0.25) is 0 Å². The lowest BCUT2D eigenvalue weighted by molar-refractivity contribution is 0.0599. The average Bonchev–Trinajstić information content (AvgIpc) is 3.06. The van der Waals surface area contributed by atoms with Gasteiger partial charge in [-0.15, -0.1) is 0 Å². The molecule has 9 nitrogen and oxygen atoms in total. The van der Waals surface area contributed by atoms with Crippen molar-refractivity contribution in [1.82, 2.24) is 15.5 Å². The van der Waals surface area contributed by atoms with E-state index in [1.807, 2.05) is 0 Å². The number of rotatable bonds is 5. The van der Waals surface area contributed by atoms with Gasteiger partial charge >= 0.3 is 12.0 Å². The Labute approximate surface area is 166 Å². The molecule has 0 radical (unpaired) electrons. The zero-order valence-electron chi connectivity index (χ0n) is 15.9. The molecule has 0 saturated heterocycles. The van der Waals surface area contributed by atoms with Gasteiger partial charge in [-0.05, 0) is 42.0 Å². The van der Waals surface area contributed by atoms with Crippen molar-refractivity contribution in [3.63, 3.8) is 0 Å². The number of urea groups is 1. The summed E-state index contributed by atoms with van der Waals surface area (Å²) in [5.74, 6) is -0.819. The quantitative estimate of drug-likeness (QED) is 0.740. The van der Waals surface area contributed by atoms with E-state index in [0.29, 0.717) is 17.9 Å². The van der Waals surface area contributed by atoms with E-state index >= 15 is 0 Å². The van der Waals surface area contributed by atoms with Gasteiger partial charge < -0.3 is 19.7 Å². The standard InChI is InChI=1S/C20H19N3O6/c1-28-15-8-7-14-10-23(18(25)16(14)9-15)11-21-20(27)22-17(24)12-3-5-13(6-4-12)19(26)29-2/h3-9H,10-11H2,1-2H3,(H2,21,22,24,27). The summed E-state index contributed by atoms with van der Waals surface area (Å²) in [6.07, 6.45) is 0. The van der Waals surface area contributed by atoms with E-state index in [0.717, 1.165) is 5.56 Å². The number of nitrogens with zero attached hydrogens (tertiary/aromatic N) is 1. The zero-order chi connectivity index (χ0) is 21.0. The van der Waals surface area contributed by atoms with Gasteiger partial charge in [0.1, 0.15) is 5.75 Å². The fraction of sp³-hybridized carbons (Fsp3) is 0.200. The lowest BCUT2D eigenvalue weighted by Gasteiger charge is -2.16. The Hall–Kier alpha value is -3.88. The Bertz CT molecular complexity index is 971. The number of benzene rings is 2. The van der Waals surface area contributed by atoms with E-state index in [9.17, 15) is 19.2 Å². The second kappa shape index (κ2) is 8.42. The number of carbonyl (C=O) groups is 4. The van der Waals surface area contributed by atoms with Gasteiger partial charge in [-0.1, -0.05) is 6.07 Å². The summed E-state index contributed by atoms with van der Waals surface area (Å²) in [5, 5.41) is 4.66. The van der Waals surface area contributed by atoms with Crippen LogP contribution in [-0.2, 0) is 11.3 Å². The molecule has 9 heteroatoms. The Morgan fingerprint density at radius 3 is 2.38 bits per heavy atom. The Kier molecular flexibility index (Phi) is 5.77. The maximum Gasteiger partial charge on any atom is 0.337 e. The lowest BCUT2D eigenvalue weighted by atomic mass is 10.1. The maximum absolute atomic E-state index is 12.4. The number of hydrogen-bond donors (Lipinski definition) is 2. The van der Waals surface area contributed by atoms with Gasteiger partial charge in [0.15, 0.2) is 0 Å². The molecular formula is C20H19N3O6. The summed E-state index contributed by atoms with van der Waals surface area (Å²) in [6.45, 7) is 0.289. The Balaban J connectivity index is 1.53. The van der Waals surface area contributed by atoms with Crippen molar-refractivity contribution < 1.29 is 28.7 Å². The van der Waals surface area contributed by atoms with Crippen molar-refractivity contribution in [3.05, 3.63) is 64.7 Å². The molecule has 0 bridgehead atoms. The minimum absolute atomic E-state index is 0.0593. The van der Waals surface area contributed by atoms with E-state index in [4.69, 9.17) is 4.74 Å². The van der Waals surface area contributed by atoms with E-state index in [1.165, 1.54) is 43.4 Å². The molecule has 150 valence electrons. The highest BCUT2D eigenvalue weighted by Gasteiger charge is 2.28. The molecule has 2 N–H and O–H groups in total. The van der Waals surface area contributed by atoms with Crippen molar-refractivity contribution in [1.29, 1.82) is 0 Å². The first-order valence-corrected chi connectivity index (χ1v) is 8.66. The van der Waals surface area contributed by atoms with Crippen LogP contribution in [0.3, 0.4) is 0 Å². The molecule has 29 heavy (non-hydrogen) atoms. The van der Waals surface area contributed by atoms with Crippen molar-refractivity contribution >= 4 is 23.8 Å². The second-order valence-corrected chi connectivity index (χ2v) is 6.21. The summed E-state index contributed by atoms with van der Waals surface area (Å²) in [7, 11) is 2.78. The summed E-state index contributed by atoms with van der Waals surface area (Å²) < 4.78 is 9.70. The van der Waals surface area contributed by atoms with Crippen LogP contribution in [-0.4, -0.2) is 49.6 Å². The molecule has 1 aliphatic rings. The number of imide groups is 1. The molecule has 4 amide bonds. The smallest absolute Gasteiger partial charge is 0.337 e. The first-order valence-electron chi connectivity index (χ1n) is 8.66. The molecule has 1 heterocycles. The Morgan fingerprint density at radius 1 is 1.03 bits per heavy atom. The number of esters is 1. The SMILES string of the molecule is COC(=O)c1ccc(C(=O)NC(=O)NCN2Cc3ccc(OC)cc3C2=O)cc1. The molecule has 0 unspecified atom stereocenters. The predicted molar refractivity (Wildman–Crippen MR) is 102 cm³/mol. The highest BCUT2D eigenvalue weighted by molar-refractivity contribution is 6.05. The molecular weight excluding hydrogens is 378 g/mol. The van der Waals surface area contributed by atoms with Crippen molar-refractivity contribution in [2.45, 2.75) is 6.54 Å². The first-order chi connectivity index (χ1) is 13.9. The normalized spacial score (nSPS) is 12.2. The molecule has 0 aromatic heterocycles. The number of nitrogens with one attached hydrogen (secondary N) is 2. The second-order valence-electron chi connectivity index (χ2n) is 6.21. The van der Waals surface area contributed by atoms with E-state index < -0.39 is 17.9 Å². The van der Waals surface area contributed by atoms with Crippen molar-refractivity contribution in [2.24, 2.45) is 0 Å². The molecule has 0 saturated carbocycles.